The standard InChI is InChI=1S/C30H37NO5/c1-30(2,3)28(33)25-22(16-17-24(34-4)27(25)35-5)18-19-31-29(26(32)23-14-10-7-11-15-23)36-20-21-12-8-6-9-13-21/h6-17,26,29,31-32H,18-20H2,1-5H3. The number of aliphatic hydroxyl groups is 1. The van der Waals surface area contributed by atoms with Crippen molar-refractivity contribution in [3.8, 4) is 11.5 Å². The van der Waals surface area contributed by atoms with Gasteiger partial charge in [-0.3, -0.25) is 10.1 Å². The lowest BCUT2D eigenvalue weighted by Crippen LogP contribution is -2.38. The molecule has 0 spiro atoms. The van der Waals surface area contributed by atoms with Gasteiger partial charge in [0.05, 0.1) is 26.4 Å². The van der Waals surface area contributed by atoms with E-state index >= 15 is 0 Å². The lowest BCUT2D eigenvalue weighted by atomic mass is 9.83. The summed E-state index contributed by atoms with van der Waals surface area (Å²) in [6.07, 6.45) is -0.977. The summed E-state index contributed by atoms with van der Waals surface area (Å²) in [6, 6.07) is 23.0. The van der Waals surface area contributed by atoms with Crippen LogP contribution in [0, 0.1) is 5.41 Å². The van der Waals surface area contributed by atoms with Gasteiger partial charge in [0, 0.05) is 12.0 Å². The van der Waals surface area contributed by atoms with E-state index in [4.69, 9.17) is 14.2 Å². The Morgan fingerprint density at radius 2 is 1.56 bits per heavy atom. The fourth-order valence-corrected chi connectivity index (χ4v) is 4.00. The highest BCUT2D eigenvalue weighted by Gasteiger charge is 2.30. The fraction of sp³-hybridized carbons (Fsp3) is 0.367. The normalized spacial score (nSPS) is 13.2. The Bertz CT molecular complexity index is 1110. The van der Waals surface area contributed by atoms with Crippen molar-refractivity contribution in [1.82, 2.24) is 5.32 Å². The summed E-state index contributed by atoms with van der Waals surface area (Å²) < 4.78 is 17.2. The van der Waals surface area contributed by atoms with Crippen LogP contribution in [0.1, 0.15) is 53.9 Å². The summed E-state index contributed by atoms with van der Waals surface area (Å²) >= 11 is 0. The molecule has 0 amide bonds. The molecule has 36 heavy (non-hydrogen) atoms. The van der Waals surface area contributed by atoms with Gasteiger partial charge in [0.15, 0.2) is 17.3 Å². The van der Waals surface area contributed by atoms with E-state index in [0.717, 1.165) is 16.7 Å². The zero-order valence-corrected chi connectivity index (χ0v) is 21.8. The largest absolute Gasteiger partial charge is 0.493 e. The van der Waals surface area contributed by atoms with Crippen LogP contribution < -0.4 is 14.8 Å². The Labute approximate surface area is 214 Å². The summed E-state index contributed by atoms with van der Waals surface area (Å²) in [7, 11) is 3.10. The highest BCUT2D eigenvalue weighted by atomic mass is 16.5. The number of hydrogen-bond donors (Lipinski definition) is 2. The second-order valence-corrected chi connectivity index (χ2v) is 9.69. The average molecular weight is 492 g/mol. The molecule has 0 aliphatic carbocycles. The van der Waals surface area contributed by atoms with Crippen molar-refractivity contribution in [3.63, 3.8) is 0 Å². The Morgan fingerprint density at radius 3 is 2.14 bits per heavy atom. The third kappa shape index (κ3) is 6.94. The number of aliphatic hydroxyl groups excluding tert-OH is 1. The maximum atomic E-state index is 13.4. The molecular formula is C30H37NO5. The maximum Gasteiger partial charge on any atom is 0.172 e. The SMILES string of the molecule is COc1ccc(CCNC(OCc2ccccc2)C(O)c2ccccc2)c(C(=O)C(C)(C)C)c1OC. The van der Waals surface area contributed by atoms with E-state index in [1.807, 2.05) is 93.6 Å². The predicted molar refractivity (Wildman–Crippen MR) is 141 cm³/mol. The lowest BCUT2D eigenvalue weighted by molar-refractivity contribution is -0.0655. The molecule has 0 fully saturated rings. The van der Waals surface area contributed by atoms with Crippen LogP contribution in [0.15, 0.2) is 72.8 Å². The Hall–Kier alpha value is -3.19. The highest BCUT2D eigenvalue weighted by Crippen LogP contribution is 2.37. The van der Waals surface area contributed by atoms with Crippen molar-refractivity contribution >= 4 is 5.78 Å². The monoisotopic (exact) mass is 491 g/mol. The van der Waals surface area contributed by atoms with Crippen LogP contribution in [-0.4, -0.2) is 37.9 Å². The first-order valence-electron chi connectivity index (χ1n) is 12.2. The van der Waals surface area contributed by atoms with Crippen molar-refractivity contribution in [2.24, 2.45) is 5.41 Å². The minimum atomic E-state index is -0.865. The van der Waals surface area contributed by atoms with Crippen molar-refractivity contribution in [3.05, 3.63) is 95.1 Å². The van der Waals surface area contributed by atoms with Crippen molar-refractivity contribution in [2.75, 3.05) is 20.8 Å². The number of ether oxygens (including phenoxy) is 3. The molecule has 0 aliphatic rings. The number of rotatable bonds is 12. The van der Waals surface area contributed by atoms with Gasteiger partial charge in [-0.2, -0.15) is 0 Å². The first-order valence-corrected chi connectivity index (χ1v) is 12.2. The first-order chi connectivity index (χ1) is 17.3. The van der Waals surface area contributed by atoms with Crippen LogP contribution in [-0.2, 0) is 17.8 Å². The molecule has 192 valence electrons. The van der Waals surface area contributed by atoms with Gasteiger partial charge in [0.1, 0.15) is 12.3 Å². The average Bonchev–Trinajstić information content (AvgIpc) is 2.89. The molecule has 0 aromatic heterocycles. The molecular weight excluding hydrogens is 454 g/mol. The second kappa shape index (κ2) is 12.7. The molecule has 2 unspecified atom stereocenters. The number of ketones is 1. The van der Waals surface area contributed by atoms with Crippen molar-refractivity contribution in [1.29, 1.82) is 0 Å². The number of methoxy groups -OCH3 is 2. The summed E-state index contributed by atoms with van der Waals surface area (Å²) in [5, 5.41) is 14.4. The van der Waals surface area contributed by atoms with Gasteiger partial charge in [-0.15, -0.1) is 0 Å². The van der Waals surface area contributed by atoms with E-state index in [-0.39, 0.29) is 5.78 Å². The lowest BCUT2D eigenvalue weighted by Gasteiger charge is -2.26. The van der Waals surface area contributed by atoms with Gasteiger partial charge in [0.25, 0.3) is 0 Å². The second-order valence-electron chi connectivity index (χ2n) is 9.69. The molecule has 0 bridgehead atoms. The minimum absolute atomic E-state index is 0.0190. The molecule has 0 heterocycles. The summed E-state index contributed by atoms with van der Waals surface area (Å²) in [5.74, 6) is 0.941. The zero-order chi connectivity index (χ0) is 26.1. The van der Waals surface area contributed by atoms with E-state index in [0.29, 0.717) is 36.6 Å². The zero-order valence-electron chi connectivity index (χ0n) is 21.8. The predicted octanol–water partition coefficient (Wildman–Crippen LogP) is 5.34. The molecule has 3 rings (SSSR count). The van der Waals surface area contributed by atoms with E-state index in [9.17, 15) is 9.90 Å². The molecule has 0 aliphatic heterocycles. The molecule has 2 atom stereocenters. The highest BCUT2D eigenvalue weighted by molar-refractivity contribution is 6.04. The van der Waals surface area contributed by atoms with Crippen LogP contribution in [0.4, 0.5) is 0 Å². The molecule has 3 aromatic carbocycles. The van der Waals surface area contributed by atoms with Gasteiger partial charge in [-0.1, -0.05) is 87.5 Å². The molecule has 6 heteroatoms. The van der Waals surface area contributed by atoms with E-state index < -0.39 is 17.7 Å². The summed E-state index contributed by atoms with van der Waals surface area (Å²) in [5.41, 5.74) is 2.56. The van der Waals surface area contributed by atoms with Gasteiger partial charge in [-0.05, 0) is 29.2 Å². The van der Waals surface area contributed by atoms with Gasteiger partial charge < -0.3 is 19.3 Å². The molecule has 2 N–H and O–H groups in total. The Kier molecular flexibility index (Phi) is 9.65. The topological polar surface area (TPSA) is 77.0 Å². The molecule has 0 radical (unpaired) electrons. The number of carbonyl (C=O) groups excluding carboxylic acids is 1. The summed E-state index contributed by atoms with van der Waals surface area (Å²) in [6.45, 7) is 6.50. The summed E-state index contributed by atoms with van der Waals surface area (Å²) in [4.78, 5) is 13.4. The number of Topliss-reactive ketones (excluding diaryl/α,β-unsaturated/α-hetero) is 1. The van der Waals surface area contributed by atoms with Gasteiger partial charge in [0.2, 0.25) is 0 Å². The van der Waals surface area contributed by atoms with Crippen LogP contribution in [0.2, 0.25) is 0 Å². The van der Waals surface area contributed by atoms with Gasteiger partial charge in [-0.25, -0.2) is 0 Å². The van der Waals surface area contributed by atoms with Crippen LogP contribution >= 0.6 is 0 Å². The molecule has 3 aromatic rings. The van der Waals surface area contributed by atoms with Crippen LogP contribution in [0.3, 0.4) is 0 Å². The minimum Gasteiger partial charge on any atom is -0.493 e. The molecule has 0 saturated carbocycles. The van der Waals surface area contributed by atoms with Crippen molar-refractivity contribution in [2.45, 2.75) is 46.1 Å². The van der Waals surface area contributed by atoms with Crippen molar-refractivity contribution < 1.29 is 24.1 Å². The maximum absolute atomic E-state index is 13.4. The van der Waals surface area contributed by atoms with Crippen LogP contribution in [0.25, 0.3) is 0 Å². The number of hydrogen-bond acceptors (Lipinski definition) is 6. The quantitative estimate of drug-likeness (QED) is 0.263. The number of nitrogens with one attached hydrogen (secondary N) is 1. The third-order valence-corrected chi connectivity index (χ3v) is 5.98. The van der Waals surface area contributed by atoms with Gasteiger partial charge >= 0.3 is 0 Å². The smallest absolute Gasteiger partial charge is 0.172 e. The fourth-order valence-electron chi connectivity index (χ4n) is 4.00. The molecule has 0 saturated heterocycles. The molecule has 6 nitrogen and oxygen atoms in total. The third-order valence-electron chi connectivity index (χ3n) is 5.98. The van der Waals surface area contributed by atoms with E-state index in [1.165, 1.54) is 0 Å². The Balaban J connectivity index is 1.81. The first kappa shape index (κ1) is 27.4. The van der Waals surface area contributed by atoms with E-state index in [2.05, 4.69) is 5.32 Å². The number of benzene rings is 3. The number of carbonyl (C=O) groups is 1. The van der Waals surface area contributed by atoms with E-state index in [1.54, 1.807) is 14.2 Å². The van der Waals surface area contributed by atoms with Crippen LogP contribution in [0.5, 0.6) is 11.5 Å². The Morgan fingerprint density at radius 1 is 0.917 bits per heavy atom.